The van der Waals surface area contributed by atoms with Crippen LogP contribution >= 0.6 is 0 Å². The molecular formula is C28H48O. The van der Waals surface area contributed by atoms with E-state index in [1.165, 1.54) is 51.4 Å². The molecule has 0 aromatic rings. The van der Waals surface area contributed by atoms with Gasteiger partial charge in [-0.25, -0.2) is 0 Å². The standard InChI is InChI=1S/C28H48O/c1-18(2)19(3)7-8-20(4)24-11-12-25-23-10-9-21-17-22(29)13-15-27(21,5)26(23)14-16-28(24,25)6/h9,18-20,22-26,29H,7-8,10-17H2,1-6H3/t19-,20+,22+,23-,24+,25-,26-,27-,28+/m0/s1. The zero-order valence-corrected chi connectivity index (χ0v) is 20.2. The Morgan fingerprint density at radius 1 is 0.966 bits per heavy atom. The predicted octanol–water partition coefficient (Wildman–Crippen LogP) is 7.63. The van der Waals surface area contributed by atoms with Crippen LogP contribution in [0.15, 0.2) is 11.6 Å². The molecule has 0 bridgehead atoms. The van der Waals surface area contributed by atoms with Crippen LogP contribution in [0, 0.1) is 52.3 Å². The number of rotatable bonds is 5. The van der Waals surface area contributed by atoms with Gasteiger partial charge in [0.25, 0.3) is 0 Å². The molecule has 0 aromatic carbocycles. The molecule has 0 aromatic heterocycles. The molecule has 0 radical (unpaired) electrons. The third-order valence-electron chi connectivity index (χ3n) is 11.1. The van der Waals surface area contributed by atoms with Crippen molar-refractivity contribution in [1.82, 2.24) is 0 Å². The van der Waals surface area contributed by atoms with Crippen LogP contribution in [0.3, 0.4) is 0 Å². The van der Waals surface area contributed by atoms with Crippen LogP contribution in [0.1, 0.15) is 106 Å². The lowest BCUT2D eigenvalue weighted by Gasteiger charge is -2.58. The number of hydrogen-bond donors (Lipinski definition) is 1. The molecule has 1 heteroatoms. The third-order valence-corrected chi connectivity index (χ3v) is 11.1. The molecule has 4 aliphatic rings. The van der Waals surface area contributed by atoms with Crippen molar-refractivity contribution in [3.63, 3.8) is 0 Å². The fraction of sp³-hybridized carbons (Fsp3) is 0.929. The van der Waals surface area contributed by atoms with Crippen molar-refractivity contribution in [1.29, 1.82) is 0 Å². The fourth-order valence-corrected chi connectivity index (χ4v) is 8.68. The zero-order valence-electron chi connectivity index (χ0n) is 20.2. The quantitative estimate of drug-likeness (QED) is 0.470. The van der Waals surface area contributed by atoms with E-state index >= 15 is 0 Å². The van der Waals surface area contributed by atoms with Crippen molar-refractivity contribution in [2.75, 3.05) is 0 Å². The molecule has 1 N–H and O–H groups in total. The summed E-state index contributed by atoms with van der Waals surface area (Å²) in [5.41, 5.74) is 2.59. The van der Waals surface area contributed by atoms with E-state index < -0.39 is 0 Å². The Hall–Kier alpha value is -0.300. The van der Waals surface area contributed by atoms with Crippen molar-refractivity contribution in [2.45, 2.75) is 112 Å². The Labute approximate surface area is 181 Å². The van der Waals surface area contributed by atoms with E-state index in [2.05, 4.69) is 47.6 Å². The van der Waals surface area contributed by atoms with Crippen molar-refractivity contribution >= 4 is 0 Å². The second kappa shape index (κ2) is 7.99. The molecule has 3 fully saturated rings. The summed E-state index contributed by atoms with van der Waals surface area (Å²) in [4.78, 5) is 0. The Morgan fingerprint density at radius 2 is 1.72 bits per heavy atom. The molecule has 0 unspecified atom stereocenters. The Balaban J connectivity index is 1.49. The van der Waals surface area contributed by atoms with Gasteiger partial charge in [-0.15, -0.1) is 0 Å². The average molecular weight is 401 g/mol. The minimum Gasteiger partial charge on any atom is -0.393 e. The lowest BCUT2D eigenvalue weighted by molar-refractivity contribution is -0.0574. The molecule has 166 valence electrons. The number of aliphatic hydroxyl groups excluding tert-OH is 1. The average Bonchev–Trinajstić information content (AvgIpc) is 3.03. The van der Waals surface area contributed by atoms with Gasteiger partial charge < -0.3 is 5.11 Å². The van der Waals surface area contributed by atoms with E-state index in [4.69, 9.17) is 0 Å². The van der Waals surface area contributed by atoms with Crippen LogP contribution in [-0.4, -0.2) is 11.2 Å². The number of fused-ring (bicyclic) bond motifs is 5. The molecule has 0 spiro atoms. The van der Waals surface area contributed by atoms with Crippen LogP contribution in [-0.2, 0) is 0 Å². The summed E-state index contributed by atoms with van der Waals surface area (Å²) in [5.74, 6) is 6.24. The van der Waals surface area contributed by atoms with Gasteiger partial charge in [-0.1, -0.05) is 66.0 Å². The molecule has 1 nitrogen and oxygen atoms in total. The maximum Gasteiger partial charge on any atom is 0.0577 e. The smallest absolute Gasteiger partial charge is 0.0577 e. The molecule has 4 rings (SSSR count). The highest BCUT2D eigenvalue weighted by atomic mass is 16.3. The van der Waals surface area contributed by atoms with Crippen LogP contribution in [0.4, 0.5) is 0 Å². The first kappa shape index (κ1) is 21.9. The highest BCUT2D eigenvalue weighted by Gasteiger charge is 2.59. The summed E-state index contributed by atoms with van der Waals surface area (Å²) in [6.07, 6.45) is 15.7. The normalized spacial score (nSPS) is 46.5. The molecule has 9 atom stereocenters. The molecule has 29 heavy (non-hydrogen) atoms. The highest BCUT2D eigenvalue weighted by Crippen LogP contribution is 2.67. The van der Waals surface area contributed by atoms with E-state index in [1.807, 2.05) is 0 Å². The molecule has 3 saturated carbocycles. The number of allylic oxidation sites excluding steroid dienone is 1. The van der Waals surface area contributed by atoms with E-state index in [-0.39, 0.29) is 6.10 Å². The summed E-state index contributed by atoms with van der Waals surface area (Å²) >= 11 is 0. The minimum absolute atomic E-state index is 0.0790. The predicted molar refractivity (Wildman–Crippen MR) is 124 cm³/mol. The first-order valence-electron chi connectivity index (χ1n) is 13.0. The van der Waals surface area contributed by atoms with Crippen LogP contribution in [0.5, 0.6) is 0 Å². The second-order valence-corrected chi connectivity index (χ2v) is 12.7. The maximum atomic E-state index is 10.2. The summed E-state index contributed by atoms with van der Waals surface area (Å²) in [6, 6.07) is 0. The SMILES string of the molecule is CC(C)[C@@H](C)CC[C@@H](C)[C@H]1CC[C@H]2[C@@H]3CC=C4C[C@H](O)CC[C@]4(C)[C@H]3CC[C@]12C. The molecule has 0 aliphatic heterocycles. The van der Waals surface area contributed by atoms with Crippen molar-refractivity contribution in [3.8, 4) is 0 Å². The van der Waals surface area contributed by atoms with Crippen molar-refractivity contribution in [3.05, 3.63) is 11.6 Å². The molecule has 0 saturated heterocycles. The summed E-state index contributed by atoms with van der Waals surface area (Å²) in [5, 5.41) is 10.2. The van der Waals surface area contributed by atoms with Crippen LogP contribution in [0.25, 0.3) is 0 Å². The second-order valence-electron chi connectivity index (χ2n) is 12.7. The van der Waals surface area contributed by atoms with E-state index in [1.54, 1.807) is 5.57 Å². The van der Waals surface area contributed by atoms with Gasteiger partial charge in [0.2, 0.25) is 0 Å². The number of hydrogen-bond acceptors (Lipinski definition) is 1. The van der Waals surface area contributed by atoms with Crippen LogP contribution in [0.2, 0.25) is 0 Å². The number of aliphatic hydroxyl groups is 1. The van der Waals surface area contributed by atoms with Gasteiger partial charge in [-0.05, 0) is 104 Å². The monoisotopic (exact) mass is 400 g/mol. The lowest BCUT2D eigenvalue weighted by atomic mass is 9.47. The lowest BCUT2D eigenvalue weighted by Crippen LogP contribution is -2.50. The van der Waals surface area contributed by atoms with E-state index in [9.17, 15) is 5.11 Å². The zero-order chi connectivity index (χ0) is 21.0. The Bertz CT molecular complexity index is 620. The summed E-state index contributed by atoms with van der Waals surface area (Å²) in [6.45, 7) is 15.1. The van der Waals surface area contributed by atoms with E-state index in [0.29, 0.717) is 10.8 Å². The summed E-state index contributed by atoms with van der Waals surface area (Å²) in [7, 11) is 0. The Kier molecular flexibility index (Phi) is 6.04. The van der Waals surface area contributed by atoms with Crippen LogP contribution < -0.4 is 0 Å². The van der Waals surface area contributed by atoms with Gasteiger partial charge in [0.05, 0.1) is 6.10 Å². The highest BCUT2D eigenvalue weighted by molar-refractivity contribution is 5.25. The van der Waals surface area contributed by atoms with E-state index in [0.717, 1.165) is 54.3 Å². The topological polar surface area (TPSA) is 20.2 Å². The maximum absolute atomic E-state index is 10.2. The summed E-state index contributed by atoms with van der Waals surface area (Å²) < 4.78 is 0. The minimum atomic E-state index is -0.0790. The molecular weight excluding hydrogens is 352 g/mol. The molecule has 4 aliphatic carbocycles. The molecule has 0 amide bonds. The van der Waals surface area contributed by atoms with Gasteiger partial charge in [0.15, 0.2) is 0 Å². The molecule has 0 heterocycles. The third kappa shape index (κ3) is 3.66. The van der Waals surface area contributed by atoms with Gasteiger partial charge in [0, 0.05) is 0 Å². The van der Waals surface area contributed by atoms with Crippen molar-refractivity contribution in [2.24, 2.45) is 52.3 Å². The van der Waals surface area contributed by atoms with Gasteiger partial charge in [-0.2, -0.15) is 0 Å². The van der Waals surface area contributed by atoms with Crippen molar-refractivity contribution < 1.29 is 5.11 Å². The largest absolute Gasteiger partial charge is 0.393 e. The Morgan fingerprint density at radius 3 is 2.45 bits per heavy atom. The fourth-order valence-electron chi connectivity index (χ4n) is 8.68. The van der Waals surface area contributed by atoms with Gasteiger partial charge >= 0.3 is 0 Å². The first-order chi connectivity index (χ1) is 13.7. The first-order valence-corrected chi connectivity index (χ1v) is 13.0. The van der Waals surface area contributed by atoms with Gasteiger partial charge in [-0.3, -0.25) is 0 Å². The van der Waals surface area contributed by atoms with Gasteiger partial charge in [0.1, 0.15) is 0 Å².